The lowest BCUT2D eigenvalue weighted by Gasteiger charge is -2.32. The zero-order chi connectivity index (χ0) is 20.4. The van der Waals surface area contributed by atoms with E-state index in [0.717, 1.165) is 70.1 Å². The number of carbonyl (C=O) groups is 2. The van der Waals surface area contributed by atoms with Crippen LogP contribution in [0.3, 0.4) is 0 Å². The minimum Gasteiger partial charge on any atom is -0.465 e. The highest BCUT2D eigenvalue weighted by Gasteiger charge is 2.46. The lowest BCUT2D eigenvalue weighted by atomic mass is 9.76. The van der Waals surface area contributed by atoms with Gasteiger partial charge in [0.25, 0.3) is 0 Å². The van der Waals surface area contributed by atoms with E-state index in [4.69, 9.17) is 14.2 Å². The zero-order valence-electron chi connectivity index (χ0n) is 18.1. The number of rotatable bonds is 6. The lowest BCUT2D eigenvalue weighted by Crippen LogP contribution is -2.30. The fraction of sp³-hybridized carbons (Fsp3) is 0.917. The molecule has 3 aliphatic carbocycles. The first-order valence-corrected chi connectivity index (χ1v) is 12.0. The van der Waals surface area contributed by atoms with E-state index in [0.29, 0.717) is 43.2 Å². The van der Waals surface area contributed by atoms with E-state index in [1.807, 2.05) is 0 Å². The van der Waals surface area contributed by atoms with Crippen LogP contribution in [0.1, 0.15) is 78.1 Å². The minimum atomic E-state index is -0.0222. The third-order valence-corrected chi connectivity index (χ3v) is 8.16. The van der Waals surface area contributed by atoms with Crippen LogP contribution >= 0.6 is 0 Å². The summed E-state index contributed by atoms with van der Waals surface area (Å²) in [6.45, 7) is 5.65. The van der Waals surface area contributed by atoms with Crippen molar-refractivity contribution in [1.82, 2.24) is 0 Å². The molecule has 3 saturated carbocycles. The van der Waals surface area contributed by atoms with Crippen molar-refractivity contribution in [3.05, 3.63) is 0 Å². The Bertz CT molecular complexity index is 582. The van der Waals surface area contributed by atoms with Gasteiger partial charge < -0.3 is 14.2 Å². The lowest BCUT2D eigenvalue weighted by molar-refractivity contribution is -0.154. The standard InChI is InChI=1S/C24H38O5/c1-15-3-8-19(11-16(15)2)23(25)27-13-17-4-6-18(7-5-17)14-28-24(26)20-9-10-21-22(12-20)29-21/h15-22H,3-14H2,1-2H3. The van der Waals surface area contributed by atoms with Crippen LogP contribution in [-0.4, -0.2) is 37.4 Å². The van der Waals surface area contributed by atoms with E-state index >= 15 is 0 Å². The number of esters is 2. The second-order valence-electron chi connectivity index (χ2n) is 10.3. The van der Waals surface area contributed by atoms with Gasteiger partial charge in [-0.1, -0.05) is 13.8 Å². The monoisotopic (exact) mass is 406 g/mol. The smallest absolute Gasteiger partial charge is 0.309 e. The van der Waals surface area contributed by atoms with E-state index in [9.17, 15) is 9.59 Å². The van der Waals surface area contributed by atoms with Crippen LogP contribution in [0.15, 0.2) is 0 Å². The first kappa shape index (κ1) is 21.1. The Morgan fingerprint density at radius 1 is 0.690 bits per heavy atom. The summed E-state index contributed by atoms with van der Waals surface area (Å²) < 4.78 is 16.8. The molecule has 1 saturated heterocycles. The maximum Gasteiger partial charge on any atom is 0.309 e. The normalized spacial score (nSPS) is 41.9. The summed E-state index contributed by atoms with van der Waals surface area (Å²) in [6.07, 6.45) is 10.9. The molecule has 1 aliphatic heterocycles. The van der Waals surface area contributed by atoms with Crippen molar-refractivity contribution in [1.29, 1.82) is 0 Å². The van der Waals surface area contributed by atoms with Crippen LogP contribution in [0.5, 0.6) is 0 Å². The van der Waals surface area contributed by atoms with E-state index in [1.165, 1.54) is 0 Å². The Morgan fingerprint density at radius 3 is 1.79 bits per heavy atom. The van der Waals surface area contributed by atoms with Gasteiger partial charge in [-0.05, 0) is 87.9 Å². The Hall–Kier alpha value is -1.10. The maximum absolute atomic E-state index is 12.4. The highest BCUT2D eigenvalue weighted by Crippen LogP contribution is 2.40. The average Bonchev–Trinajstić information content (AvgIpc) is 3.52. The molecule has 6 atom stereocenters. The van der Waals surface area contributed by atoms with Gasteiger partial charge in [0.1, 0.15) is 0 Å². The molecule has 0 radical (unpaired) electrons. The number of fused-ring (bicyclic) bond motifs is 1. The largest absolute Gasteiger partial charge is 0.465 e. The van der Waals surface area contributed by atoms with Crippen molar-refractivity contribution in [3.63, 3.8) is 0 Å². The summed E-state index contributed by atoms with van der Waals surface area (Å²) in [6, 6.07) is 0. The van der Waals surface area contributed by atoms with Gasteiger partial charge in [-0.15, -0.1) is 0 Å². The molecule has 5 heteroatoms. The second-order valence-corrected chi connectivity index (χ2v) is 10.3. The van der Waals surface area contributed by atoms with Gasteiger partial charge in [0.2, 0.25) is 0 Å². The zero-order valence-corrected chi connectivity index (χ0v) is 18.1. The van der Waals surface area contributed by atoms with E-state index in [-0.39, 0.29) is 23.8 Å². The molecule has 6 unspecified atom stereocenters. The number of epoxide rings is 1. The van der Waals surface area contributed by atoms with Gasteiger partial charge in [0.05, 0.1) is 37.3 Å². The third-order valence-electron chi connectivity index (χ3n) is 8.16. The average molecular weight is 407 g/mol. The molecule has 29 heavy (non-hydrogen) atoms. The molecule has 4 rings (SSSR count). The summed E-state index contributed by atoms with van der Waals surface area (Å²) in [7, 11) is 0. The van der Waals surface area contributed by atoms with Crippen molar-refractivity contribution in [2.45, 2.75) is 90.3 Å². The van der Waals surface area contributed by atoms with E-state index in [2.05, 4.69) is 13.8 Å². The Morgan fingerprint density at radius 2 is 1.24 bits per heavy atom. The van der Waals surface area contributed by atoms with Crippen LogP contribution < -0.4 is 0 Å². The molecule has 0 aromatic rings. The summed E-state index contributed by atoms with van der Waals surface area (Å²) in [4.78, 5) is 24.7. The first-order valence-electron chi connectivity index (χ1n) is 12.0. The molecule has 1 heterocycles. The van der Waals surface area contributed by atoms with E-state index in [1.54, 1.807) is 0 Å². The Balaban J connectivity index is 1.09. The fourth-order valence-electron chi connectivity index (χ4n) is 5.58. The summed E-state index contributed by atoms with van der Waals surface area (Å²) in [5.41, 5.74) is 0. The van der Waals surface area contributed by atoms with Gasteiger partial charge in [-0.3, -0.25) is 9.59 Å². The molecule has 0 aromatic heterocycles. The van der Waals surface area contributed by atoms with Crippen molar-refractivity contribution in [2.75, 3.05) is 13.2 Å². The topological polar surface area (TPSA) is 65.1 Å². The second kappa shape index (κ2) is 9.36. The molecule has 4 fully saturated rings. The quantitative estimate of drug-likeness (QED) is 0.479. The molecule has 0 spiro atoms. The number of carbonyl (C=O) groups excluding carboxylic acids is 2. The molecule has 5 nitrogen and oxygen atoms in total. The molecule has 164 valence electrons. The van der Waals surface area contributed by atoms with Crippen LogP contribution in [0.4, 0.5) is 0 Å². The van der Waals surface area contributed by atoms with Crippen molar-refractivity contribution in [2.24, 2.45) is 35.5 Å². The molecule has 0 amide bonds. The van der Waals surface area contributed by atoms with Gasteiger partial charge in [-0.25, -0.2) is 0 Å². The molecule has 0 N–H and O–H groups in total. The SMILES string of the molecule is CC1CCC(C(=O)OCC2CCC(COC(=O)C3CCC4OC4C3)CC2)CC1C. The predicted octanol–water partition coefficient (Wildman–Crippen LogP) is 4.52. The minimum absolute atomic E-state index is 0.0222. The highest BCUT2D eigenvalue weighted by atomic mass is 16.6. The first-order chi connectivity index (χ1) is 14.0. The van der Waals surface area contributed by atoms with Crippen LogP contribution in [0.25, 0.3) is 0 Å². The molecular weight excluding hydrogens is 368 g/mol. The fourth-order valence-corrected chi connectivity index (χ4v) is 5.58. The number of hydrogen-bond donors (Lipinski definition) is 0. The highest BCUT2D eigenvalue weighted by molar-refractivity contribution is 5.73. The third kappa shape index (κ3) is 5.53. The van der Waals surface area contributed by atoms with Crippen LogP contribution in [0.2, 0.25) is 0 Å². The van der Waals surface area contributed by atoms with Crippen LogP contribution in [0, 0.1) is 35.5 Å². The number of ether oxygens (including phenoxy) is 3. The predicted molar refractivity (Wildman–Crippen MR) is 109 cm³/mol. The van der Waals surface area contributed by atoms with Gasteiger partial charge in [-0.2, -0.15) is 0 Å². The summed E-state index contributed by atoms with van der Waals surface area (Å²) in [5.74, 6) is 2.41. The van der Waals surface area contributed by atoms with E-state index < -0.39 is 0 Å². The molecular formula is C24H38O5. The number of hydrogen-bond acceptors (Lipinski definition) is 5. The summed E-state index contributed by atoms with van der Waals surface area (Å²) >= 11 is 0. The van der Waals surface area contributed by atoms with Crippen molar-refractivity contribution in [3.8, 4) is 0 Å². The molecule has 0 aromatic carbocycles. The van der Waals surface area contributed by atoms with Crippen molar-refractivity contribution < 1.29 is 23.8 Å². The Labute approximate surface area is 175 Å². The molecule has 0 bridgehead atoms. The van der Waals surface area contributed by atoms with Gasteiger partial charge >= 0.3 is 11.9 Å². The summed E-state index contributed by atoms with van der Waals surface area (Å²) in [5, 5.41) is 0. The van der Waals surface area contributed by atoms with Crippen LogP contribution in [-0.2, 0) is 23.8 Å². The maximum atomic E-state index is 12.4. The Kier molecular flexibility index (Phi) is 6.83. The van der Waals surface area contributed by atoms with Gasteiger partial charge in [0.15, 0.2) is 0 Å². The van der Waals surface area contributed by atoms with Gasteiger partial charge in [0, 0.05) is 0 Å². The molecule has 4 aliphatic rings. The van der Waals surface area contributed by atoms with Crippen molar-refractivity contribution >= 4 is 11.9 Å².